The van der Waals surface area contributed by atoms with Gasteiger partial charge in [-0.3, -0.25) is 4.98 Å². The van der Waals surface area contributed by atoms with Crippen molar-refractivity contribution in [3.8, 4) is 11.4 Å². The molecule has 0 saturated carbocycles. The lowest BCUT2D eigenvalue weighted by atomic mass is 10.1. The molecule has 0 unspecified atom stereocenters. The number of pyridine rings is 2. The lowest BCUT2D eigenvalue weighted by Crippen LogP contribution is -2.59. The second kappa shape index (κ2) is 14.3. The van der Waals surface area contributed by atoms with Gasteiger partial charge in [-0.05, 0) is 64.7 Å². The van der Waals surface area contributed by atoms with Crippen LogP contribution in [0.15, 0.2) is 17.1 Å². The third-order valence-corrected chi connectivity index (χ3v) is 14.1. The molecule has 1 saturated heterocycles. The van der Waals surface area contributed by atoms with Crippen LogP contribution >= 0.6 is 23.2 Å². The number of rotatable bonds is 8. The van der Waals surface area contributed by atoms with E-state index in [1.54, 1.807) is 4.90 Å². The molecule has 0 aliphatic carbocycles. The van der Waals surface area contributed by atoms with Crippen LogP contribution in [0.3, 0.4) is 0 Å². The Bertz CT molecular complexity index is 1780. The molecule has 1 aliphatic rings. The van der Waals surface area contributed by atoms with Crippen molar-refractivity contribution >= 4 is 54.5 Å². The highest BCUT2D eigenvalue weighted by molar-refractivity contribution is 6.74. The van der Waals surface area contributed by atoms with Crippen LogP contribution in [-0.2, 0) is 9.16 Å². The van der Waals surface area contributed by atoms with Gasteiger partial charge in [-0.2, -0.15) is 4.98 Å². The van der Waals surface area contributed by atoms with Gasteiger partial charge in [-0.1, -0.05) is 57.8 Å². The summed E-state index contributed by atoms with van der Waals surface area (Å²) in [7, 11) is -2.06. The van der Waals surface area contributed by atoms with E-state index in [4.69, 9.17) is 37.1 Å². The van der Waals surface area contributed by atoms with E-state index in [1.165, 1.54) is 16.8 Å². The topological polar surface area (TPSA) is 112 Å². The van der Waals surface area contributed by atoms with Crippen LogP contribution in [0.5, 0.6) is 5.75 Å². The standard InChI is InChI=1S/C34H49Cl2FN6O5Si/c1-19(2)25-26(27(23(35)16-38-25)46-13-14-47-49(11,12)34(8,9)10)43-30-22(15-24(37)28(36)39-30)29(40-31(43)44)41-17-21(4)42(18-20(41)3)32(45)48-33(5,6)7/h15-16,19-21H,13-14,17-18H2,1-12H3/t20-,21+/m0/s1. The molecule has 15 heteroatoms. The molecule has 3 aromatic heterocycles. The molecule has 2 atom stereocenters. The van der Waals surface area contributed by atoms with Gasteiger partial charge in [-0.25, -0.2) is 23.5 Å². The Morgan fingerprint density at radius 1 is 1.06 bits per heavy atom. The second-order valence-electron chi connectivity index (χ2n) is 15.4. The number of hydrogen-bond donors (Lipinski definition) is 0. The Balaban J connectivity index is 1.84. The van der Waals surface area contributed by atoms with E-state index < -0.39 is 36.7 Å². The van der Waals surface area contributed by atoms with Gasteiger partial charge in [0.15, 0.2) is 30.7 Å². The normalized spacial score (nSPS) is 17.6. The van der Waals surface area contributed by atoms with Gasteiger partial charge in [0.05, 0.1) is 17.7 Å². The van der Waals surface area contributed by atoms with E-state index in [9.17, 15) is 9.59 Å². The van der Waals surface area contributed by atoms with Gasteiger partial charge >= 0.3 is 11.8 Å². The number of aromatic nitrogens is 4. The van der Waals surface area contributed by atoms with Gasteiger partial charge in [0.1, 0.15) is 28.7 Å². The third kappa shape index (κ3) is 8.32. The van der Waals surface area contributed by atoms with Crippen LogP contribution in [0, 0.1) is 5.82 Å². The van der Waals surface area contributed by atoms with Gasteiger partial charge in [-0.15, -0.1) is 0 Å². The summed E-state index contributed by atoms with van der Waals surface area (Å²) in [5.41, 5.74) is -0.565. The minimum atomic E-state index is -2.06. The van der Waals surface area contributed by atoms with Crippen molar-refractivity contribution in [3.63, 3.8) is 0 Å². The number of carbonyl (C=O) groups is 1. The fraction of sp³-hybridized carbons (Fsp3) is 0.618. The first-order valence-electron chi connectivity index (χ1n) is 16.5. The first-order valence-corrected chi connectivity index (χ1v) is 20.2. The highest BCUT2D eigenvalue weighted by Crippen LogP contribution is 2.39. The lowest BCUT2D eigenvalue weighted by Gasteiger charge is -2.44. The molecule has 11 nitrogen and oxygen atoms in total. The monoisotopic (exact) mass is 738 g/mol. The van der Waals surface area contributed by atoms with Crippen LogP contribution in [0.25, 0.3) is 16.7 Å². The number of fused-ring (bicyclic) bond motifs is 1. The molecule has 1 fully saturated rings. The average molecular weight is 740 g/mol. The maximum atomic E-state index is 15.2. The Labute approximate surface area is 299 Å². The summed E-state index contributed by atoms with van der Waals surface area (Å²) in [6.45, 7) is 24.9. The minimum absolute atomic E-state index is 0.00873. The maximum absolute atomic E-state index is 15.2. The summed E-state index contributed by atoms with van der Waals surface area (Å²) in [6.07, 6.45) is 1.04. The predicted molar refractivity (Wildman–Crippen MR) is 195 cm³/mol. The number of piperazine rings is 1. The molecule has 270 valence electrons. The van der Waals surface area contributed by atoms with Crippen molar-refractivity contribution in [1.82, 2.24) is 24.4 Å². The SMILES string of the molecule is CC(C)c1ncc(Cl)c(OCCO[Si](C)(C)C(C)(C)C)c1-n1c(=O)nc(N2C[C@@H](C)N(C(=O)OC(C)(C)C)C[C@@H]2C)c2cc(F)c(Cl)nc21. The van der Waals surface area contributed by atoms with Crippen molar-refractivity contribution in [1.29, 1.82) is 0 Å². The molecule has 0 bridgehead atoms. The quantitative estimate of drug-likeness (QED) is 0.129. The number of hydrogen-bond acceptors (Lipinski definition) is 9. The van der Waals surface area contributed by atoms with Gasteiger partial charge < -0.3 is 23.7 Å². The van der Waals surface area contributed by atoms with Crippen LogP contribution in [-0.4, -0.2) is 82.8 Å². The van der Waals surface area contributed by atoms with E-state index in [-0.39, 0.29) is 69.5 Å². The van der Waals surface area contributed by atoms with Crippen molar-refractivity contribution in [2.24, 2.45) is 0 Å². The van der Waals surface area contributed by atoms with E-state index in [2.05, 4.69) is 48.8 Å². The van der Waals surface area contributed by atoms with Gasteiger partial charge in [0, 0.05) is 31.4 Å². The molecule has 0 N–H and O–H groups in total. The number of ether oxygens (including phenoxy) is 2. The second-order valence-corrected chi connectivity index (χ2v) is 21.0. The molecule has 4 rings (SSSR count). The first-order chi connectivity index (χ1) is 22.5. The molecule has 4 heterocycles. The number of anilines is 1. The zero-order valence-corrected chi connectivity index (χ0v) is 33.1. The first kappa shape index (κ1) is 38.8. The summed E-state index contributed by atoms with van der Waals surface area (Å²) in [4.78, 5) is 44.2. The zero-order valence-electron chi connectivity index (χ0n) is 30.6. The molecule has 1 amide bonds. The van der Waals surface area contributed by atoms with E-state index in [0.717, 1.165) is 0 Å². The molecular formula is C34H49Cl2FN6O5Si. The summed E-state index contributed by atoms with van der Waals surface area (Å²) >= 11 is 13.0. The van der Waals surface area contributed by atoms with Crippen molar-refractivity contribution in [3.05, 3.63) is 44.4 Å². The molecule has 0 spiro atoms. The zero-order chi connectivity index (χ0) is 36.8. The molecular weight excluding hydrogens is 690 g/mol. The molecule has 49 heavy (non-hydrogen) atoms. The van der Waals surface area contributed by atoms with Crippen molar-refractivity contribution in [2.45, 2.75) is 111 Å². The number of halogens is 3. The summed E-state index contributed by atoms with van der Waals surface area (Å²) in [6, 6.07) is 0.599. The Hall–Kier alpha value is -3.00. The van der Waals surface area contributed by atoms with Crippen LogP contribution < -0.4 is 15.3 Å². The summed E-state index contributed by atoms with van der Waals surface area (Å²) in [5.74, 6) is -0.540. The average Bonchev–Trinajstić information content (AvgIpc) is 2.96. The third-order valence-electron chi connectivity index (χ3n) is 9.01. The Kier molecular flexibility index (Phi) is 11.3. The van der Waals surface area contributed by atoms with Gasteiger partial charge in [0.25, 0.3) is 0 Å². The maximum Gasteiger partial charge on any atom is 0.410 e. The van der Waals surface area contributed by atoms with Crippen LogP contribution in [0.2, 0.25) is 28.3 Å². The Morgan fingerprint density at radius 2 is 1.71 bits per heavy atom. The van der Waals surface area contributed by atoms with Crippen LogP contribution in [0.1, 0.15) is 80.8 Å². The highest BCUT2D eigenvalue weighted by atomic mass is 35.5. The fourth-order valence-corrected chi connectivity index (χ4v) is 6.76. The number of carbonyl (C=O) groups excluding carboxylic acids is 1. The van der Waals surface area contributed by atoms with E-state index in [1.807, 2.05) is 53.4 Å². The number of nitrogens with zero attached hydrogens (tertiary/aromatic N) is 6. The highest BCUT2D eigenvalue weighted by Gasteiger charge is 2.38. The van der Waals surface area contributed by atoms with E-state index in [0.29, 0.717) is 18.8 Å². The molecule has 0 radical (unpaired) electrons. The van der Waals surface area contributed by atoms with Crippen LogP contribution in [0.4, 0.5) is 15.0 Å². The van der Waals surface area contributed by atoms with E-state index >= 15 is 4.39 Å². The summed E-state index contributed by atoms with van der Waals surface area (Å²) < 4.78 is 34.7. The molecule has 1 aliphatic heterocycles. The van der Waals surface area contributed by atoms with Crippen molar-refractivity contribution in [2.75, 3.05) is 31.2 Å². The minimum Gasteiger partial charge on any atom is -0.487 e. The lowest BCUT2D eigenvalue weighted by molar-refractivity contribution is 0.0130. The fourth-order valence-electron chi connectivity index (χ4n) is 5.41. The smallest absolute Gasteiger partial charge is 0.410 e. The summed E-state index contributed by atoms with van der Waals surface area (Å²) in [5, 5.41) is 0.00708. The number of amides is 1. The Morgan fingerprint density at radius 3 is 2.31 bits per heavy atom. The predicted octanol–water partition coefficient (Wildman–Crippen LogP) is 7.98. The van der Waals surface area contributed by atoms with Gasteiger partial charge in [0.2, 0.25) is 0 Å². The largest absolute Gasteiger partial charge is 0.487 e. The molecule has 3 aromatic rings. The molecule has 0 aromatic carbocycles. The van der Waals surface area contributed by atoms with Crippen molar-refractivity contribution < 1.29 is 23.1 Å².